The van der Waals surface area contributed by atoms with E-state index in [1.165, 1.54) is 0 Å². The Morgan fingerprint density at radius 2 is 1.88 bits per heavy atom. The second-order valence-electron chi connectivity index (χ2n) is 5.88. The minimum absolute atomic E-state index is 0.0597. The number of ether oxygens (including phenoxy) is 2. The highest BCUT2D eigenvalue weighted by atomic mass is 16.5. The zero-order valence-electron chi connectivity index (χ0n) is 16.6. The Labute approximate surface area is 156 Å². The van der Waals surface area contributed by atoms with E-state index >= 15 is 0 Å². The highest BCUT2D eigenvalue weighted by Crippen LogP contribution is 2.27. The normalized spacial score (nSPS) is 11.0. The van der Waals surface area contributed by atoms with Gasteiger partial charge in [0.25, 0.3) is 0 Å². The molecule has 2 N–H and O–H groups in total. The number of guanidine groups is 1. The number of benzene rings is 1. The van der Waals surface area contributed by atoms with Crippen molar-refractivity contribution in [3.8, 4) is 11.5 Å². The number of nitrogens with zero attached hydrogens (tertiary/aromatic N) is 2. The van der Waals surface area contributed by atoms with Crippen molar-refractivity contribution >= 4 is 11.9 Å². The molecular formula is C19H32N4O3. The molecule has 0 atom stereocenters. The monoisotopic (exact) mass is 364 g/mol. The third kappa shape index (κ3) is 7.21. The maximum atomic E-state index is 11.8. The van der Waals surface area contributed by atoms with Gasteiger partial charge in [-0.15, -0.1) is 0 Å². The van der Waals surface area contributed by atoms with Gasteiger partial charge in [-0.3, -0.25) is 4.79 Å². The number of methoxy groups -OCH3 is 2. The van der Waals surface area contributed by atoms with Gasteiger partial charge in [0.15, 0.2) is 17.5 Å². The first-order valence-corrected chi connectivity index (χ1v) is 9.02. The smallest absolute Gasteiger partial charge is 0.241 e. The average molecular weight is 364 g/mol. The zero-order chi connectivity index (χ0) is 19.4. The second kappa shape index (κ2) is 12.0. The van der Waals surface area contributed by atoms with E-state index in [4.69, 9.17) is 9.47 Å². The maximum Gasteiger partial charge on any atom is 0.241 e. The molecule has 0 bridgehead atoms. The van der Waals surface area contributed by atoms with Gasteiger partial charge in [-0.2, -0.15) is 0 Å². The van der Waals surface area contributed by atoms with Crippen LogP contribution in [0.1, 0.15) is 25.8 Å². The summed E-state index contributed by atoms with van der Waals surface area (Å²) in [6.07, 6.45) is 1.74. The molecule has 0 aliphatic heterocycles. The van der Waals surface area contributed by atoms with Crippen molar-refractivity contribution in [1.29, 1.82) is 0 Å². The SMILES string of the molecule is CCCNC(=O)CN=C(NCC)N(C)CCc1ccc(OC)c(OC)c1. The average Bonchev–Trinajstić information content (AvgIpc) is 2.67. The first kappa shape index (κ1) is 21.6. The third-order valence-electron chi connectivity index (χ3n) is 3.82. The van der Waals surface area contributed by atoms with Crippen molar-refractivity contribution in [2.24, 2.45) is 4.99 Å². The molecule has 1 aromatic carbocycles. The van der Waals surface area contributed by atoms with Crippen LogP contribution in [0, 0.1) is 0 Å². The lowest BCUT2D eigenvalue weighted by molar-refractivity contribution is -0.119. The van der Waals surface area contributed by atoms with E-state index in [1.807, 2.05) is 44.0 Å². The Hall–Kier alpha value is -2.44. The molecule has 0 unspecified atom stereocenters. The quantitative estimate of drug-likeness (QED) is 0.488. The molecule has 1 amide bonds. The molecule has 0 aromatic heterocycles. The molecule has 146 valence electrons. The van der Waals surface area contributed by atoms with Crippen LogP contribution in [-0.4, -0.2) is 64.2 Å². The van der Waals surface area contributed by atoms with E-state index in [0.717, 1.165) is 49.0 Å². The van der Waals surface area contributed by atoms with Crippen molar-refractivity contribution in [3.05, 3.63) is 23.8 Å². The summed E-state index contributed by atoms with van der Waals surface area (Å²) in [7, 11) is 5.22. The largest absolute Gasteiger partial charge is 0.493 e. The lowest BCUT2D eigenvalue weighted by atomic mass is 10.1. The van der Waals surface area contributed by atoms with Gasteiger partial charge in [0, 0.05) is 26.7 Å². The van der Waals surface area contributed by atoms with Gasteiger partial charge in [0.1, 0.15) is 6.54 Å². The number of aliphatic imine (C=N–C) groups is 1. The topological polar surface area (TPSA) is 75.2 Å². The van der Waals surface area contributed by atoms with Crippen LogP contribution < -0.4 is 20.1 Å². The molecule has 0 heterocycles. The standard InChI is InChI=1S/C19H32N4O3/c1-6-11-21-18(24)14-22-19(20-7-2)23(3)12-10-15-8-9-16(25-4)17(13-15)26-5/h8-9,13H,6-7,10-12,14H2,1-5H3,(H,20,22)(H,21,24). The van der Waals surface area contributed by atoms with Crippen LogP contribution >= 0.6 is 0 Å². The molecule has 7 nitrogen and oxygen atoms in total. The number of amides is 1. The van der Waals surface area contributed by atoms with Crippen molar-refractivity contribution in [2.45, 2.75) is 26.7 Å². The first-order valence-electron chi connectivity index (χ1n) is 9.02. The van der Waals surface area contributed by atoms with Crippen molar-refractivity contribution in [2.75, 3.05) is 47.4 Å². The third-order valence-corrected chi connectivity index (χ3v) is 3.82. The maximum absolute atomic E-state index is 11.8. The Balaban J connectivity index is 2.66. The van der Waals surface area contributed by atoms with Gasteiger partial charge in [0.05, 0.1) is 14.2 Å². The summed E-state index contributed by atoms with van der Waals surface area (Å²) >= 11 is 0. The van der Waals surface area contributed by atoms with E-state index in [0.29, 0.717) is 6.54 Å². The molecule has 0 radical (unpaired) electrons. The molecule has 0 saturated heterocycles. The lowest BCUT2D eigenvalue weighted by Gasteiger charge is -2.22. The molecule has 26 heavy (non-hydrogen) atoms. The predicted molar refractivity (Wildman–Crippen MR) is 105 cm³/mol. The lowest BCUT2D eigenvalue weighted by Crippen LogP contribution is -2.40. The van der Waals surface area contributed by atoms with E-state index in [9.17, 15) is 4.79 Å². The van der Waals surface area contributed by atoms with Crippen LogP contribution in [0.2, 0.25) is 0 Å². The highest BCUT2D eigenvalue weighted by Gasteiger charge is 2.09. The minimum Gasteiger partial charge on any atom is -0.493 e. The van der Waals surface area contributed by atoms with Crippen LogP contribution in [0.15, 0.2) is 23.2 Å². The minimum atomic E-state index is -0.0597. The number of rotatable bonds is 10. The first-order chi connectivity index (χ1) is 12.5. The van der Waals surface area contributed by atoms with E-state index in [2.05, 4.69) is 15.6 Å². The number of hydrogen-bond donors (Lipinski definition) is 2. The van der Waals surface area contributed by atoms with E-state index in [1.54, 1.807) is 14.2 Å². The summed E-state index contributed by atoms with van der Waals surface area (Å²) in [5.74, 6) is 2.11. The fourth-order valence-electron chi connectivity index (χ4n) is 2.38. The molecule has 0 saturated carbocycles. The number of hydrogen-bond acceptors (Lipinski definition) is 4. The summed E-state index contributed by atoms with van der Waals surface area (Å²) < 4.78 is 10.6. The number of carbonyl (C=O) groups excluding carboxylic acids is 1. The van der Waals surface area contributed by atoms with Gasteiger partial charge in [-0.1, -0.05) is 13.0 Å². The van der Waals surface area contributed by atoms with Gasteiger partial charge in [-0.05, 0) is 37.5 Å². The Morgan fingerprint density at radius 3 is 2.50 bits per heavy atom. The molecule has 1 rings (SSSR count). The van der Waals surface area contributed by atoms with Gasteiger partial charge < -0.3 is 25.0 Å². The molecule has 0 fully saturated rings. The fraction of sp³-hybridized carbons (Fsp3) is 0.579. The number of carbonyl (C=O) groups is 1. The van der Waals surface area contributed by atoms with Crippen molar-refractivity contribution in [3.63, 3.8) is 0 Å². The van der Waals surface area contributed by atoms with Gasteiger partial charge in [0.2, 0.25) is 5.91 Å². The number of nitrogens with one attached hydrogen (secondary N) is 2. The summed E-state index contributed by atoms with van der Waals surface area (Å²) in [5, 5.41) is 6.05. The van der Waals surface area contributed by atoms with Gasteiger partial charge in [-0.25, -0.2) is 4.99 Å². The van der Waals surface area contributed by atoms with Crippen molar-refractivity contribution < 1.29 is 14.3 Å². The molecular weight excluding hydrogens is 332 g/mol. The summed E-state index contributed by atoms with van der Waals surface area (Å²) in [4.78, 5) is 18.2. The summed E-state index contributed by atoms with van der Waals surface area (Å²) in [6.45, 7) is 6.35. The Kier molecular flexibility index (Phi) is 9.97. The van der Waals surface area contributed by atoms with Crippen LogP contribution in [0.4, 0.5) is 0 Å². The van der Waals surface area contributed by atoms with Crippen LogP contribution in [0.3, 0.4) is 0 Å². The predicted octanol–water partition coefficient (Wildman–Crippen LogP) is 1.67. The molecule has 7 heteroatoms. The van der Waals surface area contributed by atoms with Crippen LogP contribution in [0.5, 0.6) is 11.5 Å². The summed E-state index contributed by atoms with van der Waals surface area (Å²) in [5.41, 5.74) is 1.14. The highest BCUT2D eigenvalue weighted by molar-refractivity contribution is 5.84. The van der Waals surface area contributed by atoms with E-state index < -0.39 is 0 Å². The summed E-state index contributed by atoms with van der Waals surface area (Å²) in [6, 6.07) is 5.91. The molecule has 0 spiro atoms. The van der Waals surface area contributed by atoms with Crippen LogP contribution in [0.25, 0.3) is 0 Å². The number of likely N-dealkylation sites (N-methyl/N-ethyl adjacent to an activating group) is 1. The Morgan fingerprint density at radius 1 is 1.15 bits per heavy atom. The van der Waals surface area contributed by atoms with Crippen molar-refractivity contribution in [1.82, 2.24) is 15.5 Å². The molecule has 1 aromatic rings. The van der Waals surface area contributed by atoms with Gasteiger partial charge >= 0.3 is 0 Å². The van der Waals surface area contributed by atoms with E-state index in [-0.39, 0.29) is 12.5 Å². The fourth-order valence-corrected chi connectivity index (χ4v) is 2.38. The second-order valence-corrected chi connectivity index (χ2v) is 5.88. The molecule has 0 aliphatic rings. The van der Waals surface area contributed by atoms with Crippen LogP contribution in [-0.2, 0) is 11.2 Å². The zero-order valence-corrected chi connectivity index (χ0v) is 16.6. The Bertz CT molecular complexity index is 590. The molecule has 0 aliphatic carbocycles.